The van der Waals surface area contributed by atoms with Crippen LogP contribution >= 0.6 is 11.6 Å². The molecule has 0 aliphatic heterocycles. The van der Waals surface area contributed by atoms with Crippen LogP contribution in [0.25, 0.3) is 0 Å². The Bertz CT molecular complexity index is 1240. The number of halogens is 2. The molecule has 4 aromatic rings. The minimum atomic E-state index is -0.290. The van der Waals surface area contributed by atoms with E-state index in [2.05, 4.69) is 10.4 Å². The Morgan fingerprint density at radius 2 is 1.91 bits per heavy atom. The molecular formula is C25H21ClFN3O2. The van der Waals surface area contributed by atoms with Crippen LogP contribution in [0.15, 0.2) is 79.1 Å². The van der Waals surface area contributed by atoms with E-state index in [1.807, 2.05) is 31.2 Å². The molecule has 32 heavy (non-hydrogen) atoms. The number of rotatable bonds is 7. The summed E-state index contributed by atoms with van der Waals surface area (Å²) in [6, 6.07) is 19.3. The Labute approximate surface area is 190 Å². The highest BCUT2D eigenvalue weighted by Crippen LogP contribution is 2.26. The van der Waals surface area contributed by atoms with Gasteiger partial charge in [-0.2, -0.15) is 5.10 Å². The van der Waals surface area contributed by atoms with Gasteiger partial charge in [0, 0.05) is 17.3 Å². The Morgan fingerprint density at radius 1 is 1.12 bits per heavy atom. The van der Waals surface area contributed by atoms with Crippen LogP contribution in [-0.2, 0) is 13.2 Å². The lowest BCUT2D eigenvalue weighted by Crippen LogP contribution is -2.11. The largest absolute Gasteiger partial charge is 0.487 e. The number of benzene rings is 3. The summed E-state index contributed by atoms with van der Waals surface area (Å²) in [5.41, 5.74) is 3.54. The van der Waals surface area contributed by atoms with Crippen molar-refractivity contribution < 1.29 is 13.9 Å². The first-order chi connectivity index (χ1) is 15.5. The molecule has 5 nitrogen and oxygen atoms in total. The van der Waals surface area contributed by atoms with E-state index in [-0.39, 0.29) is 18.3 Å². The van der Waals surface area contributed by atoms with Crippen molar-refractivity contribution in [1.82, 2.24) is 9.78 Å². The van der Waals surface area contributed by atoms with Crippen molar-refractivity contribution in [2.24, 2.45) is 0 Å². The van der Waals surface area contributed by atoms with Gasteiger partial charge in [0.05, 0.1) is 23.5 Å². The van der Waals surface area contributed by atoms with Crippen molar-refractivity contribution >= 4 is 23.2 Å². The van der Waals surface area contributed by atoms with Gasteiger partial charge in [-0.25, -0.2) is 4.39 Å². The molecule has 0 aliphatic carbocycles. The summed E-state index contributed by atoms with van der Waals surface area (Å²) in [6.07, 6.45) is 3.20. The van der Waals surface area contributed by atoms with E-state index in [4.69, 9.17) is 16.3 Å². The van der Waals surface area contributed by atoms with Gasteiger partial charge in [0.2, 0.25) is 0 Å². The zero-order valence-corrected chi connectivity index (χ0v) is 18.1. The molecule has 0 radical (unpaired) electrons. The van der Waals surface area contributed by atoms with E-state index in [9.17, 15) is 9.18 Å². The minimum Gasteiger partial charge on any atom is -0.487 e. The van der Waals surface area contributed by atoms with Crippen molar-refractivity contribution in [3.8, 4) is 5.75 Å². The predicted molar refractivity (Wildman–Crippen MR) is 123 cm³/mol. The SMILES string of the molecule is Cc1ccc(Cl)c(OCc2ccc(C(=O)Nc3cnn(Cc4ccccc4F)c3)cc2)c1. The van der Waals surface area contributed by atoms with Gasteiger partial charge in [0.1, 0.15) is 18.2 Å². The second kappa shape index (κ2) is 9.66. The maximum Gasteiger partial charge on any atom is 0.255 e. The number of hydrogen-bond acceptors (Lipinski definition) is 3. The Morgan fingerprint density at radius 3 is 2.69 bits per heavy atom. The summed E-state index contributed by atoms with van der Waals surface area (Å²) < 4.78 is 21.2. The van der Waals surface area contributed by atoms with Crippen LogP contribution in [0.3, 0.4) is 0 Å². The normalized spacial score (nSPS) is 10.7. The van der Waals surface area contributed by atoms with Crippen LogP contribution < -0.4 is 10.1 Å². The molecule has 162 valence electrons. The number of hydrogen-bond donors (Lipinski definition) is 1. The van der Waals surface area contributed by atoms with Crippen molar-refractivity contribution in [3.05, 3.63) is 112 Å². The molecule has 0 saturated heterocycles. The first-order valence-electron chi connectivity index (χ1n) is 10.0. The molecule has 1 N–H and O–H groups in total. The molecule has 0 aliphatic rings. The zero-order chi connectivity index (χ0) is 22.5. The molecule has 4 rings (SSSR count). The highest BCUT2D eigenvalue weighted by molar-refractivity contribution is 6.32. The number of carbonyl (C=O) groups excluding carboxylic acids is 1. The van der Waals surface area contributed by atoms with E-state index in [0.717, 1.165) is 11.1 Å². The molecule has 0 bridgehead atoms. The van der Waals surface area contributed by atoms with Crippen LogP contribution in [0.2, 0.25) is 5.02 Å². The summed E-state index contributed by atoms with van der Waals surface area (Å²) in [6.45, 7) is 2.59. The van der Waals surface area contributed by atoms with Gasteiger partial charge in [-0.1, -0.05) is 48.0 Å². The lowest BCUT2D eigenvalue weighted by atomic mass is 10.1. The number of anilines is 1. The molecular weight excluding hydrogens is 429 g/mol. The summed E-state index contributed by atoms with van der Waals surface area (Å²) in [4.78, 5) is 12.6. The number of aromatic nitrogens is 2. The molecule has 0 atom stereocenters. The maximum absolute atomic E-state index is 13.8. The van der Waals surface area contributed by atoms with E-state index >= 15 is 0 Å². The summed E-state index contributed by atoms with van der Waals surface area (Å²) in [5.74, 6) is 0.0767. The Hall–Kier alpha value is -3.64. The van der Waals surface area contributed by atoms with Gasteiger partial charge >= 0.3 is 0 Å². The molecule has 0 spiro atoms. The van der Waals surface area contributed by atoms with Crippen LogP contribution in [0.4, 0.5) is 10.1 Å². The quantitative estimate of drug-likeness (QED) is 0.384. The molecule has 3 aromatic carbocycles. The van der Waals surface area contributed by atoms with Gasteiger partial charge in [-0.05, 0) is 48.4 Å². The van der Waals surface area contributed by atoms with Gasteiger partial charge < -0.3 is 10.1 Å². The van der Waals surface area contributed by atoms with Gasteiger partial charge in [0.15, 0.2) is 0 Å². The highest BCUT2D eigenvalue weighted by atomic mass is 35.5. The molecule has 0 saturated carbocycles. The monoisotopic (exact) mass is 449 g/mol. The smallest absolute Gasteiger partial charge is 0.255 e. The second-order valence-electron chi connectivity index (χ2n) is 7.39. The number of aryl methyl sites for hydroxylation is 1. The van der Waals surface area contributed by atoms with E-state index in [1.165, 1.54) is 12.3 Å². The van der Waals surface area contributed by atoms with Crippen molar-refractivity contribution in [3.63, 3.8) is 0 Å². The molecule has 0 fully saturated rings. The average molecular weight is 450 g/mol. The highest BCUT2D eigenvalue weighted by Gasteiger charge is 2.10. The Balaban J connectivity index is 1.34. The summed E-state index contributed by atoms with van der Waals surface area (Å²) >= 11 is 6.16. The first-order valence-corrected chi connectivity index (χ1v) is 10.4. The van der Waals surface area contributed by atoms with Crippen molar-refractivity contribution in [2.75, 3.05) is 5.32 Å². The zero-order valence-electron chi connectivity index (χ0n) is 17.4. The lowest BCUT2D eigenvalue weighted by molar-refractivity contribution is 0.102. The van der Waals surface area contributed by atoms with Gasteiger partial charge in [-0.3, -0.25) is 9.48 Å². The topological polar surface area (TPSA) is 56.1 Å². The fourth-order valence-electron chi connectivity index (χ4n) is 3.15. The van der Waals surface area contributed by atoms with Crippen molar-refractivity contribution in [2.45, 2.75) is 20.1 Å². The summed E-state index contributed by atoms with van der Waals surface area (Å²) in [7, 11) is 0. The number of ether oxygens (including phenoxy) is 1. The van der Waals surface area contributed by atoms with Crippen LogP contribution in [0.5, 0.6) is 5.75 Å². The third-order valence-electron chi connectivity index (χ3n) is 4.88. The first kappa shape index (κ1) is 21.6. The maximum atomic E-state index is 13.8. The van der Waals surface area contributed by atoms with E-state index < -0.39 is 0 Å². The van der Waals surface area contributed by atoms with Gasteiger partial charge in [0.25, 0.3) is 5.91 Å². The molecule has 0 unspecified atom stereocenters. The van der Waals surface area contributed by atoms with E-state index in [0.29, 0.717) is 34.2 Å². The number of amides is 1. The lowest BCUT2D eigenvalue weighted by Gasteiger charge is -2.09. The predicted octanol–water partition coefficient (Wildman–Crippen LogP) is 5.86. The third kappa shape index (κ3) is 5.34. The Kier molecular flexibility index (Phi) is 6.52. The fourth-order valence-corrected chi connectivity index (χ4v) is 3.33. The fraction of sp³-hybridized carbons (Fsp3) is 0.120. The number of nitrogens with zero attached hydrogens (tertiary/aromatic N) is 2. The minimum absolute atomic E-state index is 0.260. The molecule has 1 heterocycles. The van der Waals surface area contributed by atoms with Crippen LogP contribution in [0.1, 0.15) is 27.0 Å². The standard InChI is InChI=1S/C25H21ClFN3O2/c1-17-6-11-22(26)24(12-17)32-16-18-7-9-19(10-8-18)25(31)29-21-13-28-30(15-21)14-20-4-2-3-5-23(20)27/h2-13,15H,14,16H2,1H3,(H,29,31). The van der Waals surface area contributed by atoms with E-state index in [1.54, 1.807) is 47.3 Å². The van der Waals surface area contributed by atoms with Gasteiger partial charge in [-0.15, -0.1) is 0 Å². The summed E-state index contributed by atoms with van der Waals surface area (Å²) in [5, 5.41) is 7.55. The number of nitrogens with one attached hydrogen (secondary N) is 1. The van der Waals surface area contributed by atoms with Crippen LogP contribution in [0, 0.1) is 12.7 Å². The number of carbonyl (C=O) groups is 1. The molecule has 1 amide bonds. The van der Waals surface area contributed by atoms with Crippen LogP contribution in [-0.4, -0.2) is 15.7 Å². The molecule has 1 aromatic heterocycles. The molecule has 7 heteroatoms. The second-order valence-corrected chi connectivity index (χ2v) is 7.80. The average Bonchev–Trinajstić information content (AvgIpc) is 3.23. The third-order valence-corrected chi connectivity index (χ3v) is 5.19. The van der Waals surface area contributed by atoms with Crippen molar-refractivity contribution in [1.29, 1.82) is 0 Å².